The third-order valence-corrected chi connectivity index (χ3v) is 2.71. The minimum absolute atomic E-state index is 0.0330. The van der Waals surface area contributed by atoms with Crippen LogP contribution in [0.4, 0.5) is 17.1 Å². The molecular formula is C8H6BrClN4O4. The molecule has 2 N–H and O–H groups in total. The molecule has 0 aliphatic carbocycles. The Morgan fingerprint density at radius 2 is 2.00 bits per heavy atom. The molecule has 0 heterocycles. The molecule has 0 saturated carbocycles. The Morgan fingerprint density at radius 3 is 2.44 bits per heavy atom. The number of nitrogens with two attached hydrogens (primary N) is 1. The molecule has 18 heavy (non-hydrogen) atoms. The molecule has 1 rings (SSSR count). The van der Waals surface area contributed by atoms with Crippen LogP contribution in [0.1, 0.15) is 0 Å². The van der Waals surface area contributed by atoms with Crippen molar-refractivity contribution in [3.63, 3.8) is 0 Å². The Labute approximate surface area is 114 Å². The van der Waals surface area contributed by atoms with E-state index in [9.17, 15) is 20.2 Å². The summed E-state index contributed by atoms with van der Waals surface area (Å²) >= 11 is 8.40. The maximum Gasteiger partial charge on any atom is 0.302 e. The molecule has 10 heteroatoms. The Morgan fingerprint density at radius 1 is 1.39 bits per heavy atom. The zero-order valence-electron chi connectivity index (χ0n) is 8.67. The minimum atomic E-state index is -0.780. The number of nitro groups is 2. The number of benzene rings is 1. The van der Waals surface area contributed by atoms with Gasteiger partial charge in [0.05, 0.1) is 26.3 Å². The van der Waals surface area contributed by atoms with Gasteiger partial charge in [-0.3, -0.25) is 20.2 Å². The van der Waals surface area contributed by atoms with E-state index in [0.717, 1.165) is 12.1 Å². The maximum absolute atomic E-state index is 10.8. The number of hydrogen-bond acceptors (Lipinski definition) is 5. The van der Waals surface area contributed by atoms with E-state index in [-0.39, 0.29) is 21.9 Å². The number of alkyl halides is 1. The van der Waals surface area contributed by atoms with Gasteiger partial charge in [0.1, 0.15) is 5.84 Å². The zero-order valence-corrected chi connectivity index (χ0v) is 11.0. The quantitative estimate of drug-likeness (QED) is 0.297. The molecule has 0 aliphatic rings. The van der Waals surface area contributed by atoms with Gasteiger partial charge < -0.3 is 5.73 Å². The van der Waals surface area contributed by atoms with E-state index < -0.39 is 21.2 Å². The van der Waals surface area contributed by atoms with Crippen LogP contribution >= 0.6 is 27.5 Å². The van der Waals surface area contributed by atoms with E-state index >= 15 is 0 Å². The van der Waals surface area contributed by atoms with Crippen molar-refractivity contribution in [2.75, 3.05) is 5.88 Å². The standard InChI is InChI=1S/C8H6BrClN4O4/c9-5-1-4(13(15)16)2-6(14(17)18)8(5)12-7(11)3-10/h1-2H,3H2,(H2,11,12). The van der Waals surface area contributed by atoms with Crippen LogP contribution < -0.4 is 5.73 Å². The molecule has 0 aliphatic heterocycles. The molecule has 0 saturated heterocycles. The van der Waals surface area contributed by atoms with Crippen LogP contribution in [0.15, 0.2) is 21.6 Å². The van der Waals surface area contributed by atoms with Crippen molar-refractivity contribution in [1.82, 2.24) is 0 Å². The van der Waals surface area contributed by atoms with Gasteiger partial charge in [0.25, 0.3) is 5.69 Å². The van der Waals surface area contributed by atoms with Gasteiger partial charge in [0.2, 0.25) is 0 Å². The SMILES string of the molecule is NC(CCl)=Nc1c(Br)cc([N+](=O)[O-])cc1[N+](=O)[O-]. The average molecular weight is 338 g/mol. The summed E-state index contributed by atoms with van der Waals surface area (Å²) in [5, 5.41) is 21.4. The molecule has 0 spiro atoms. The van der Waals surface area contributed by atoms with Crippen molar-refractivity contribution < 1.29 is 9.85 Å². The summed E-state index contributed by atoms with van der Waals surface area (Å²) in [5.74, 6) is -0.144. The topological polar surface area (TPSA) is 125 Å². The van der Waals surface area contributed by atoms with Crippen molar-refractivity contribution in [3.05, 3.63) is 36.8 Å². The van der Waals surface area contributed by atoms with Crippen molar-refractivity contribution in [1.29, 1.82) is 0 Å². The minimum Gasteiger partial charge on any atom is -0.386 e. The molecule has 0 radical (unpaired) electrons. The fourth-order valence-corrected chi connectivity index (χ4v) is 1.69. The Balaban J connectivity index is 3.51. The van der Waals surface area contributed by atoms with E-state index in [2.05, 4.69) is 20.9 Å². The summed E-state index contributed by atoms with van der Waals surface area (Å²) in [6.07, 6.45) is 0. The van der Waals surface area contributed by atoms with E-state index in [4.69, 9.17) is 17.3 Å². The molecule has 0 unspecified atom stereocenters. The highest BCUT2D eigenvalue weighted by Gasteiger charge is 2.23. The fourth-order valence-electron chi connectivity index (χ4n) is 1.10. The number of non-ortho nitro benzene ring substituents is 1. The highest BCUT2D eigenvalue weighted by Crippen LogP contribution is 2.38. The number of aliphatic imine (C=N–C) groups is 1. The summed E-state index contributed by atoms with van der Waals surface area (Å²) in [6.45, 7) is 0. The smallest absolute Gasteiger partial charge is 0.302 e. The van der Waals surface area contributed by atoms with Gasteiger partial charge in [-0.15, -0.1) is 11.6 Å². The fraction of sp³-hybridized carbons (Fsp3) is 0.125. The third-order valence-electron chi connectivity index (χ3n) is 1.83. The van der Waals surface area contributed by atoms with Gasteiger partial charge in [-0.1, -0.05) is 0 Å². The van der Waals surface area contributed by atoms with Crippen LogP contribution in [0.5, 0.6) is 0 Å². The van der Waals surface area contributed by atoms with Gasteiger partial charge in [-0.2, -0.15) is 0 Å². The van der Waals surface area contributed by atoms with E-state index in [0.29, 0.717) is 0 Å². The molecule has 0 amide bonds. The molecule has 0 fully saturated rings. The average Bonchev–Trinajstić information content (AvgIpc) is 2.30. The van der Waals surface area contributed by atoms with E-state index in [1.165, 1.54) is 0 Å². The van der Waals surface area contributed by atoms with Crippen LogP contribution in [0.25, 0.3) is 0 Å². The highest BCUT2D eigenvalue weighted by atomic mass is 79.9. The predicted octanol–water partition coefficient (Wildman–Crippen LogP) is 2.49. The van der Waals surface area contributed by atoms with Crippen molar-refractivity contribution in [2.45, 2.75) is 0 Å². The second-order valence-electron chi connectivity index (χ2n) is 3.05. The van der Waals surface area contributed by atoms with Gasteiger partial charge in [0, 0.05) is 6.07 Å². The number of rotatable bonds is 4. The molecule has 0 aromatic heterocycles. The third kappa shape index (κ3) is 3.14. The predicted molar refractivity (Wildman–Crippen MR) is 69.5 cm³/mol. The zero-order chi connectivity index (χ0) is 13.9. The molecule has 0 bridgehead atoms. The van der Waals surface area contributed by atoms with Crippen LogP contribution in [0.3, 0.4) is 0 Å². The molecular weight excluding hydrogens is 331 g/mol. The Bertz CT molecular complexity index is 548. The largest absolute Gasteiger partial charge is 0.386 e. The van der Waals surface area contributed by atoms with Crippen molar-refractivity contribution in [3.8, 4) is 0 Å². The summed E-state index contributed by atoms with van der Waals surface area (Å²) < 4.78 is 0.0940. The van der Waals surface area contributed by atoms with E-state index in [1.807, 2.05) is 0 Å². The summed E-state index contributed by atoms with van der Waals surface area (Å²) in [5.41, 5.74) is 4.33. The molecule has 0 atom stereocenters. The lowest BCUT2D eigenvalue weighted by Crippen LogP contribution is -2.12. The Kier molecular flexibility index (Phi) is 4.56. The first-order valence-electron chi connectivity index (χ1n) is 4.38. The van der Waals surface area contributed by atoms with Crippen molar-refractivity contribution >= 4 is 50.4 Å². The summed E-state index contributed by atoms with van der Waals surface area (Å²) in [6, 6.07) is 1.92. The van der Waals surface area contributed by atoms with E-state index in [1.54, 1.807) is 0 Å². The van der Waals surface area contributed by atoms with Gasteiger partial charge in [-0.05, 0) is 15.9 Å². The number of nitrogens with zero attached hydrogens (tertiary/aromatic N) is 3. The Hall–Kier alpha value is -1.74. The number of hydrogen-bond donors (Lipinski definition) is 1. The van der Waals surface area contributed by atoms with Crippen LogP contribution in [-0.2, 0) is 0 Å². The monoisotopic (exact) mass is 336 g/mol. The number of nitro benzene ring substituents is 2. The highest BCUT2D eigenvalue weighted by molar-refractivity contribution is 9.10. The van der Waals surface area contributed by atoms with Gasteiger partial charge in [-0.25, -0.2) is 4.99 Å². The second kappa shape index (κ2) is 5.74. The normalized spacial score (nSPS) is 11.3. The molecule has 96 valence electrons. The molecule has 1 aromatic carbocycles. The first-order chi connectivity index (χ1) is 8.36. The molecule has 8 nitrogen and oxygen atoms in total. The first-order valence-corrected chi connectivity index (χ1v) is 5.71. The lowest BCUT2D eigenvalue weighted by Gasteiger charge is -2.02. The molecule has 1 aromatic rings. The van der Waals surface area contributed by atoms with Crippen molar-refractivity contribution in [2.24, 2.45) is 10.7 Å². The van der Waals surface area contributed by atoms with Gasteiger partial charge >= 0.3 is 5.69 Å². The lowest BCUT2D eigenvalue weighted by atomic mass is 10.2. The number of halogens is 2. The lowest BCUT2D eigenvalue weighted by molar-refractivity contribution is -0.393. The number of amidine groups is 1. The summed E-state index contributed by atoms with van der Waals surface area (Å²) in [4.78, 5) is 23.7. The van der Waals surface area contributed by atoms with Gasteiger partial charge in [0.15, 0.2) is 5.69 Å². The summed E-state index contributed by atoms with van der Waals surface area (Å²) in [7, 11) is 0. The van der Waals surface area contributed by atoms with Crippen LogP contribution in [0, 0.1) is 20.2 Å². The first kappa shape index (κ1) is 14.3. The second-order valence-corrected chi connectivity index (χ2v) is 4.17. The maximum atomic E-state index is 10.8. The van der Waals surface area contributed by atoms with Crippen LogP contribution in [-0.4, -0.2) is 21.6 Å². The van der Waals surface area contributed by atoms with Crippen LogP contribution in [0.2, 0.25) is 0 Å².